The van der Waals surface area contributed by atoms with Gasteiger partial charge in [-0.25, -0.2) is 4.98 Å². The van der Waals surface area contributed by atoms with Crippen molar-refractivity contribution in [3.8, 4) is 34.3 Å². The predicted molar refractivity (Wildman–Crippen MR) is 196 cm³/mol. The summed E-state index contributed by atoms with van der Waals surface area (Å²) in [5.41, 5.74) is 3.30. The van der Waals surface area contributed by atoms with Crippen molar-refractivity contribution in [3.05, 3.63) is 81.5 Å². The smallest absolute Gasteiger partial charge is 0.419 e. The van der Waals surface area contributed by atoms with Gasteiger partial charge in [-0.3, -0.25) is 4.98 Å². The Morgan fingerprint density at radius 1 is 0.868 bits per heavy atom. The fourth-order valence-corrected chi connectivity index (χ4v) is 8.23. The summed E-state index contributed by atoms with van der Waals surface area (Å²) in [6.07, 6.45) is 0.538. The predicted octanol–water partition coefficient (Wildman–Crippen LogP) is 7.00. The molecule has 0 saturated heterocycles. The first-order valence-corrected chi connectivity index (χ1v) is 18.2. The molecule has 5 N–H and O–H groups in total. The van der Waals surface area contributed by atoms with Crippen LogP contribution < -0.4 is 25.4 Å². The summed E-state index contributed by atoms with van der Waals surface area (Å²) in [6, 6.07) is 12.2. The number of ether oxygens (including phenoxy) is 2. The number of rotatable bonds is 12. The molecule has 10 nitrogen and oxygen atoms in total. The molecule has 3 aliphatic rings. The van der Waals surface area contributed by atoms with Gasteiger partial charge >= 0.3 is 6.18 Å². The number of halogens is 4. The molecule has 3 heterocycles. The standard InChI is InChI=1S/C39H44ClF3N6O4/c1-37(50)15-23(16-37)45-19-21-8-10-31(48-35(21)52-3)28-12-13-44-33(32(28)40)27-7-5-6-26-25(27)9-11-30(26)47-34-29(39(41,42)43)14-22(36(49-34)53-4)20-46-24-17-38(2,51)18-24/h5-8,10,12-14,23-24,30,45-46,50-51H,9,11,15-20H2,1-4H3,(H,47,49)/t23?,24?,30-,37?,38?/m0/s1. The minimum atomic E-state index is -4.66. The van der Waals surface area contributed by atoms with E-state index in [1.54, 1.807) is 26.3 Å². The van der Waals surface area contributed by atoms with Crippen LogP contribution in [0.5, 0.6) is 11.8 Å². The van der Waals surface area contributed by atoms with Crippen LogP contribution in [0.4, 0.5) is 19.0 Å². The van der Waals surface area contributed by atoms with Gasteiger partial charge in [-0.15, -0.1) is 0 Å². The molecule has 53 heavy (non-hydrogen) atoms. The van der Waals surface area contributed by atoms with Crippen molar-refractivity contribution >= 4 is 17.4 Å². The molecule has 7 rings (SSSR count). The van der Waals surface area contributed by atoms with Gasteiger partial charge in [0.2, 0.25) is 11.8 Å². The number of methoxy groups -OCH3 is 2. The molecule has 14 heteroatoms. The first kappa shape index (κ1) is 37.3. The van der Waals surface area contributed by atoms with Gasteiger partial charge < -0.3 is 35.6 Å². The van der Waals surface area contributed by atoms with Crippen molar-refractivity contribution in [2.24, 2.45) is 0 Å². The number of pyridine rings is 3. The summed E-state index contributed by atoms with van der Waals surface area (Å²) < 4.78 is 54.5. The van der Waals surface area contributed by atoms with E-state index in [1.807, 2.05) is 37.3 Å². The maximum atomic E-state index is 14.5. The zero-order chi connectivity index (χ0) is 37.7. The fraction of sp³-hybridized carbons (Fsp3) is 0.462. The molecule has 0 amide bonds. The summed E-state index contributed by atoms with van der Waals surface area (Å²) in [5.74, 6) is 0.260. The topological polar surface area (TPSA) is 134 Å². The van der Waals surface area contributed by atoms with Crippen LogP contribution >= 0.6 is 11.6 Å². The number of alkyl halides is 3. The largest absolute Gasteiger partial charge is 0.481 e. The van der Waals surface area contributed by atoms with Gasteiger partial charge in [-0.2, -0.15) is 18.2 Å². The maximum absolute atomic E-state index is 14.5. The van der Waals surface area contributed by atoms with Gasteiger partial charge in [0.1, 0.15) is 5.82 Å². The highest BCUT2D eigenvalue weighted by Crippen LogP contribution is 2.45. The van der Waals surface area contributed by atoms with E-state index in [-0.39, 0.29) is 35.9 Å². The highest BCUT2D eigenvalue weighted by Gasteiger charge is 2.40. The second-order valence-electron chi connectivity index (χ2n) is 15.0. The average Bonchev–Trinajstić information content (AvgIpc) is 3.50. The minimum absolute atomic E-state index is 0.000507. The van der Waals surface area contributed by atoms with Crippen LogP contribution in [0.1, 0.15) is 79.8 Å². The molecule has 0 radical (unpaired) electrons. The van der Waals surface area contributed by atoms with Crippen LogP contribution in [-0.4, -0.2) is 62.7 Å². The van der Waals surface area contributed by atoms with Crippen LogP contribution in [0.3, 0.4) is 0 Å². The molecule has 1 aromatic carbocycles. The maximum Gasteiger partial charge on any atom is 0.419 e. The Balaban J connectivity index is 1.13. The molecule has 0 bridgehead atoms. The van der Waals surface area contributed by atoms with E-state index in [1.165, 1.54) is 7.11 Å². The van der Waals surface area contributed by atoms with Gasteiger partial charge in [0.05, 0.1) is 53.4 Å². The zero-order valence-electron chi connectivity index (χ0n) is 30.1. The summed E-state index contributed by atoms with van der Waals surface area (Å²) in [4.78, 5) is 13.7. The Bertz CT molecular complexity index is 1990. The molecule has 2 fully saturated rings. The van der Waals surface area contributed by atoms with Crippen molar-refractivity contribution in [2.45, 2.75) is 101 Å². The molecule has 1 atom stereocenters. The lowest BCUT2D eigenvalue weighted by atomic mass is 9.77. The molecule has 0 aliphatic heterocycles. The third-order valence-electron chi connectivity index (χ3n) is 10.6. The number of benzene rings is 1. The lowest BCUT2D eigenvalue weighted by molar-refractivity contribution is -0.137. The van der Waals surface area contributed by atoms with Crippen LogP contribution in [-0.2, 0) is 25.7 Å². The van der Waals surface area contributed by atoms with Crippen molar-refractivity contribution < 1.29 is 32.9 Å². The molecule has 3 aromatic heterocycles. The van der Waals surface area contributed by atoms with Crippen molar-refractivity contribution in [1.29, 1.82) is 0 Å². The highest BCUT2D eigenvalue weighted by molar-refractivity contribution is 6.35. The Hall–Kier alpha value is -4.01. The number of nitrogens with one attached hydrogen (secondary N) is 3. The summed E-state index contributed by atoms with van der Waals surface area (Å²) >= 11 is 7.07. The van der Waals surface area contributed by atoms with Crippen molar-refractivity contribution in [3.63, 3.8) is 0 Å². The quantitative estimate of drug-likeness (QED) is 0.103. The minimum Gasteiger partial charge on any atom is -0.481 e. The number of anilines is 1. The van der Waals surface area contributed by atoms with Crippen molar-refractivity contribution in [1.82, 2.24) is 25.6 Å². The van der Waals surface area contributed by atoms with Gasteiger partial charge in [0.15, 0.2) is 0 Å². The second-order valence-corrected chi connectivity index (χ2v) is 15.4. The van der Waals surface area contributed by atoms with E-state index >= 15 is 0 Å². The number of hydrogen-bond acceptors (Lipinski definition) is 10. The fourth-order valence-electron chi connectivity index (χ4n) is 7.92. The molecule has 4 aromatic rings. The van der Waals surface area contributed by atoms with E-state index in [9.17, 15) is 23.4 Å². The Morgan fingerprint density at radius 2 is 1.51 bits per heavy atom. The SMILES string of the molecule is COc1nc(-c2ccnc(-c3cccc4c3CC[C@@H]4Nc3nc(OC)c(CNC4CC(C)(O)C4)cc3C(F)(F)F)c2Cl)ccc1CNC1CC(C)(O)C1. The summed E-state index contributed by atoms with van der Waals surface area (Å²) in [5, 5.41) is 30.2. The first-order chi connectivity index (χ1) is 25.1. The number of aliphatic hydroxyl groups is 2. The van der Waals surface area contributed by atoms with Gasteiger partial charge in [0, 0.05) is 53.6 Å². The molecule has 282 valence electrons. The van der Waals surface area contributed by atoms with Crippen LogP contribution in [0.25, 0.3) is 22.5 Å². The van der Waals surface area contributed by atoms with Gasteiger partial charge in [-0.05, 0) is 81.7 Å². The molecular weight excluding hydrogens is 709 g/mol. The Labute approximate surface area is 311 Å². The number of aromatic nitrogens is 3. The molecule has 3 aliphatic carbocycles. The number of hydrogen-bond donors (Lipinski definition) is 5. The monoisotopic (exact) mass is 752 g/mol. The van der Waals surface area contributed by atoms with E-state index in [0.717, 1.165) is 28.3 Å². The summed E-state index contributed by atoms with van der Waals surface area (Å²) in [7, 11) is 2.96. The van der Waals surface area contributed by atoms with Crippen LogP contribution in [0, 0.1) is 0 Å². The van der Waals surface area contributed by atoms with E-state index < -0.39 is 29.0 Å². The molecule has 2 saturated carbocycles. The molecule has 0 spiro atoms. The molecule has 0 unspecified atom stereocenters. The summed E-state index contributed by atoms with van der Waals surface area (Å²) in [6.45, 7) is 4.23. The lowest BCUT2D eigenvalue weighted by Gasteiger charge is -2.41. The first-order valence-electron chi connectivity index (χ1n) is 17.8. The Kier molecular flexibility index (Phi) is 10.1. The van der Waals surface area contributed by atoms with Gasteiger partial charge in [-0.1, -0.05) is 35.9 Å². The van der Waals surface area contributed by atoms with Crippen LogP contribution in [0.2, 0.25) is 5.02 Å². The normalized spacial score (nSPS) is 25.0. The zero-order valence-corrected chi connectivity index (χ0v) is 30.8. The second kappa shape index (κ2) is 14.3. The third kappa shape index (κ3) is 7.81. The van der Waals surface area contributed by atoms with Crippen LogP contribution in [0.15, 0.2) is 48.7 Å². The number of fused-ring (bicyclic) bond motifs is 1. The van der Waals surface area contributed by atoms with E-state index in [4.69, 9.17) is 26.1 Å². The van der Waals surface area contributed by atoms with E-state index in [2.05, 4.69) is 25.9 Å². The lowest BCUT2D eigenvalue weighted by Crippen LogP contribution is -2.51. The van der Waals surface area contributed by atoms with Gasteiger partial charge in [0.25, 0.3) is 0 Å². The van der Waals surface area contributed by atoms with E-state index in [0.29, 0.717) is 72.9 Å². The Morgan fingerprint density at radius 3 is 2.13 bits per heavy atom. The number of nitrogens with zero attached hydrogens (tertiary/aromatic N) is 3. The highest BCUT2D eigenvalue weighted by atomic mass is 35.5. The molecular formula is C39H44ClF3N6O4. The average molecular weight is 753 g/mol. The van der Waals surface area contributed by atoms with Crippen molar-refractivity contribution in [2.75, 3.05) is 19.5 Å². The third-order valence-corrected chi connectivity index (χ3v) is 11.0.